The van der Waals surface area contributed by atoms with Crippen molar-refractivity contribution in [2.24, 2.45) is 0 Å². The SMILES string of the molecule is Cc1ccc2c(c1)c1cc(C)ccc1n2-c1ccc(-c2nc(-c3ccccc3)nc(-c3ccccc3)n2)cc1-c1cc(-c2ccccc2)nc(-c2cccc(-c3cccc(N4c5ccccc5B5c6ccccc6N(c6ccccc6)c6cccc4c65)c3)c2)n1. The summed E-state index contributed by atoms with van der Waals surface area (Å²) in [6.07, 6.45) is 0. The van der Waals surface area contributed by atoms with Crippen LogP contribution in [0.15, 0.2) is 297 Å². The predicted molar refractivity (Wildman–Crippen MR) is 371 cm³/mol. The molecule has 0 aliphatic carbocycles. The maximum Gasteiger partial charge on any atom is 0.252 e. The summed E-state index contributed by atoms with van der Waals surface area (Å²) in [4.78, 5) is 31.6. The van der Waals surface area contributed by atoms with Crippen molar-refractivity contribution in [3.05, 3.63) is 308 Å². The molecule has 8 nitrogen and oxygen atoms in total. The van der Waals surface area contributed by atoms with Crippen molar-refractivity contribution in [1.29, 1.82) is 0 Å². The van der Waals surface area contributed by atoms with Gasteiger partial charge in [-0.1, -0.05) is 205 Å². The van der Waals surface area contributed by atoms with Crippen LogP contribution in [-0.2, 0) is 0 Å². The molecule has 0 saturated carbocycles. The standard InChI is InChI=1S/C81H55BN8/c1-52-40-43-70-63(46-52)64-47-53(2)41-44-71(64)90(70)72-45-42-60(81-86-78(55-24-9-4-10-25-55)85-79(87-81)56-26-11-5-12-27-56)50-65(72)69-51-68(54-22-7-3-8-23-54)83-80(84-69)59-30-19-28-57(48-59)58-29-20-33-62(49-58)89-74-37-18-16-35-67(74)82-66-34-15-17-36-73(66)88(61-31-13-6-14-32-61)75-38-21-39-76(89)77(75)82/h3-51H,1-2H3. The molecule has 3 aromatic heterocycles. The van der Waals surface area contributed by atoms with Gasteiger partial charge in [-0.3, -0.25) is 0 Å². The van der Waals surface area contributed by atoms with E-state index in [4.69, 9.17) is 24.9 Å². The van der Waals surface area contributed by atoms with E-state index in [1.165, 1.54) is 49.7 Å². The van der Waals surface area contributed by atoms with Crippen molar-refractivity contribution in [1.82, 2.24) is 29.5 Å². The summed E-state index contributed by atoms with van der Waals surface area (Å²) in [5, 5.41) is 2.38. The molecule has 0 radical (unpaired) electrons. The summed E-state index contributed by atoms with van der Waals surface area (Å²) in [6, 6.07) is 106. The van der Waals surface area contributed by atoms with Gasteiger partial charge in [-0.25, -0.2) is 24.9 Å². The summed E-state index contributed by atoms with van der Waals surface area (Å²) < 4.78 is 2.39. The summed E-state index contributed by atoms with van der Waals surface area (Å²) >= 11 is 0. The van der Waals surface area contributed by atoms with E-state index in [1.807, 2.05) is 66.7 Å². The zero-order valence-electron chi connectivity index (χ0n) is 49.4. The number of nitrogens with zero attached hydrogens (tertiary/aromatic N) is 8. The third-order valence-corrected chi connectivity index (χ3v) is 17.7. The molecule has 5 heterocycles. The third-order valence-electron chi connectivity index (χ3n) is 17.7. The van der Waals surface area contributed by atoms with Crippen molar-refractivity contribution in [2.75, 3.05) is 9.80 Å². The number of hydrogen-bond donors (Lipinski definition) is 0. The van der Waals surface area contributed by atoms with Crippen molar-refractivity contribution >= 4 is 79.0 Å². The number of hydrogen-bond acceptors (Lipinski definition) is 7. The monoisotopic (exact) mass is 1150 g/mol. The van der Waals surface area contributed by atoms with Gasteiger partial charge in [-0.2, -0.15) is 0 Å². The minimum Gasteiger partial charge on any atom is -0.311 e. The van der Waals surface area contributed by atoms with E-state index in [2.05, 4.69) is 259 Å². The van der Waals surface area contributed by atoms with Crippen LogP contribution in [0.2, 0.25) is 0 Å². The zero-order valence-corrected chi connectivity index (χ0v) is 49.4. The Hall–Kier alpha value is -11.8. The zero-order chi connectivity index (χ0) is 59.8. The van der Waals surface area contributed by atoms with E-state index >= 15 is 0 Å². The van der Waals surface area contributed by atoms with E-state index in [-0.39, 0.29) is 6.71 Å². The van der Waals surface area contributed by atoms with Crippen molar-refractivity contribution in [3.63, 3.8) is 0 Å². The van der Waals surface area contributed by atoms with E-state index in [0.29, 0.717) is 23.3 Å². The second kappa shape index (κ2) is 21.6. The first-order valence-corrected chi connectivity index (χ1v) is 30.6. The Kier molecular flexibility index (Phi) is 12.6. The molecule has 15 aromatic rings. The molecule has 0 amide bonds. The number of fused-ring (bicyclic) bond motifs is 7. The molecule has 422 valence electrons. The number of benzene rings is 12. The summed E-state index contributed by atoms with van der Waals surface area (Å²) in [7, 11) is 0. The van der Waals surface area contributed by atoms with Gasteiger partial charge in [0.2, 0.25) is 0 Å². The second-order valence-corrected chi connectivity index (χ2v) is 23.4. The van der Waals surface area contributed by atoms with Gasteiger partial charge in [0, 0.05) is 78.3 Å². The number of aromatic nitrogens is 6. The second-order valence-electron chi connectivity index (χ2n) is 23.4. The molecule has 0 fully saturated rings. The topological polar surface area (TPSA) is 75.9 Å². The smallest absolute Gasteiger partial charge is 0.252 e. The fourth-order valence-electron chi connectivity index (χ4n) is 13.6. The van der Waals surface area contributed by atoms with Crippen LogP contribution in [0.5, 0.6) is 0 Å². The highest BCUT2D eigenvalue weighted by Crippen LogP contribution is 2.46. The maximum absolute atomic E-state index is 5.68. The first kappa shape index (κ1) is 52.5. The Morgan fingerprint density at radius 2 is 0.711 bits per heavy atom. The van der Waals surface area contributed by atoms with Gasteiger partial charge in [-0.05, 0) is 144 Å². The summed E-state index contributed by atoms with van der Waals surface area (Å²) in [5.74, 6) is 2.33. The molecule has 0 bridgehead atoms. The van der Waals surface area contributed by atoms with Crippen LogP contribution in [-0.4, -0.2) is 36.2 Å². The predicted octanol–water partition coefficient (Wildman–Crippen LogP) is 18.1. The van der Waals surface area contributed by atoms with Crippen LogP contribution in [0.4, 0.5) is 34.1 Å². The minimum absolute atomic E-state index is 0.0502. The van der Waals surface area contributed by atoms with Crippen molar-refractivity contribution in [3.8, 4) is 84.9 Å². The van der Waals surface area contributed by atoms with Gasteiger partial charge in [0.25, 0.3) is 6.71 Å². The molecule has 9 heteroatoms. The number of aryl methyl sites for hydroxylation is 2. The molecule has 90 heavy (non-hydrogen) atoms. The van der Waals surface area contributed by atoms with Crippen LogP contribution in [0.25, 0.3) is 107 Å². The van der Waals surface area contributed by atoms with E-state index < -0.39 is 0 Å². The molecular formula is C81H55BN8. The molecule has 0 unspecified atom stereocenters. The summed E-state index contributed by atoms with van der Waals surface area (Å²) in [6.45, 7) is 4.38. The first-order valence-electron chi connectivity index (χ1n) is 30.6. The number of rotatable bonds is 10. The lowest BCUT2D eigenvalue weighted by atomic mass is 9.33. The summed E-state index contributed by atoms with van der Waals surface area (Å²) in [5.41, 5.74) is 25.4. The highest BCUT2D eigenvalue weighted by molar-refractivity contribution is 7.00. The Morgan fingerprint density at radius 1 is 0.278 bits per heavy atom. The van der Waals surface area contributed by atoms with E-state index in [1.54, 1.807) is 0 Å². The van der Waals surface area contributed by atoms with Gasteiger partial charge < -0.3 is 14.4 Å². The highest BCUT2D eigenvalue weighted by atomic mass is 15.2. The quantitative estimate of drug-likeness (QED) is 0.126. The van der Waals surface area contributed by atoms with Gasteiger partial charge in [-0.15, -0.1) is 0 Å². The molecule has 0 atom stereocenters. The van der Waals surface area contributed by atoms with Crippen LogP contribution in [0.1, 0.15) is 11.1 Å². The van der Waals surface area contributed by atoms with Gasteiger partial charge in [0.05, 0.1) is 28.1 Å². The Morgan fingerprint density at radius 3 is 1.32 bits per heavy atom. The van der Waals surface area contributed by atoms with Gasteiger partial charge in [0.1, 0.15) is 0 Å². The number of anilines is 6. The Labute approximate surface area is 522 Å². The highest BCUT2D eigenvalue weighted by Gasteiger charge is 2.43. The number of para-hydroxylation sites is 3. The molecular weight excluding hydrogens is 1100 g/mol. The molecule has 0 N–H and O–H groups in total. The van der Waals surface area contributed by atoms with Crippen molar-refractivity contribution in [2.45, 2.75) is 13.8 Å². The third kappa shape index (κ3) is 8.97. The van der Waals surface area contributed by atoms with Gasteiger partial charge >= 0.3 is 0 Å². The fraction of sp³-hybridized carbons (Fsp3) is 0.0247. The molecule has 17 rings (SSSR count). The van der Waals surface area contributed by atoms with Crippen molar-refractivity contribution < 1.29 is 0 Å². The van der Waals surface area contributed by atoms with Gasteiger partial charge in [0.15, 0.2) is 23.3 Å². The van der Waals surface area contributed by atoms with Crippen LogP contribution in [0, 0.1) is 13.8 Å². The normalized spacial score (nSPS) is 12.3. The van der Waals surface area contributed by atoms with Crippen LogP contribution >= 0.6 is 0 Å². The fourth-order valence-corrected chi connectivity index (χ4v) is 13.6. The lowest BCUT2D eigenvalue weighted by Crippen LogP contribution is -2.61. The lowest BCUT2D eigenvalue weighted by molar-refractivity contribution is 1.07. The van der Waals surface area contributed by atoms with Crippen LogP contribution < -0.4 is 26.2 Å². The Bertz CT molecular complexity index is 5190. The molecule has 12 aromatic carbocycles. The lowest BCUT2D eigenvalue weighted by Gasteiger charge is -2.44. The largest absolute Gasteiger partial charge is 0.311 e. The van der Waals surface area contributed by atoms with E-state index in [0.717, 1.165) is 95.4 Å². The minimum atomic E-state index is 0.0502. The Balaban J connectivity index is 0.835. The molecule has 0 saturated heterocycles. The van der Waals surface area contributed by atoms with Crippen LogP contribution in [0.3, 0.4) is 0 Å². The molecule has 2 aliphatic heterocycles. The average Bonchev–Trinajstić information content (AvgIpc) is 0.771. The average molecular weight is 1150 g/mol. The first-order chi connectivity index (χ1) is 44.4. The molecule has 2 aliphatic rings. The maximum atomic E-state index is 5.68. The molecule has 0 spiro atoms. The van der Waals surface area contributed by atoms with E-state index in [9.17, 15) is 0 Å².